The third kappa shape index (κ3) is 3.40. The Kier molecular flexibility index (Phi) is 3.64. The van der Waals surface area contributed by atoms with Crippen molar-refractivity contribution in [2.24, 2.45) is 0 Å². The third-order valence-electron chi connectivity index (χ3n) is 2.27. The van der Waals surface area contributed by atoms with Gasteiger partial charge in [-0.3, -0.25) is 4.18 Å². The minimum Gasteiger partial charge on any atom is -0.446 e. The lowest BCUT2D eigenvalue weighted by molar-refractivity contribution is 0.216. The van der Waals surface area contributed by atoms with E-state index in [0.29, 0.717) is 11.3 Å². The van der Waals surface area contributed by atoms with Crippen LogP contribution in [0.25, 0.3) is 4.85 Å². The fourth-order valence-corrected chi connectivity index (χ4v) is 2.04. The minimum atomic E-state index is -3.67. The molecule has 0 saturated heterocycles. The van der Waals surface area contributed by atoms with Crippen LogP contribution < -0.4 is 0 Å². The molecule has 0 bridgehead atoms. The summed E-state index contributed by atoms with van der Waals surface area (Å²) in [6, 6.07) is 6.36. The predicted molar refractivity (Wildman–Crippen MR) is 67.0 cm³/mol. The molecule has 0 aliphatic rings. The van der Waals surface area contributed by atoms with E-state index in [4.69, 9.17) is 15.2 Å². The van der Waals surface area contributed by atoms with Crippen LogP contribution in [0, 0.1) is 6.57 Å². The number of nitrogens with zero attached hydrogens (tertiary/aromatic N) is 2. The molecule has 1 aromatic carbocycles. The molecule has 0 saturated carbocycles. The zero-order valence-corrected chi connectivity index (χ0v) is 10.8. The van der Waals surface area contributed by atoms with Crippen molar-refractivity contribution < 1.29 is 17.0 Å². The summed E-state index contributed by atoms with van der Waals surface area (Å²) >= 11 is 0. The molecule has 19 heavy (non-hydrogen) atoms. The van der Waals surface area contributed by atoms with Crippen LogP contribution in [0.3, 0.4) is 0 Å². The molecular weight excluding hydrogens is 268 g/mol. The molecule has 2 rings (SSSR count). The summed E-state index contributed by atoms with van der Waals surface area (Å²) in [5.41, 5.74) is 0.995. The van der Waals surface area contributed by atoms with Gasteiger partial charge < -0.3 is 4.42 Å². The van der Waals surface area contributed by atoms with Crippen molar-refractivity contribution >= 4 is 15.8 Å². The van der Waals surface area contributed by atoms with Gasteiger partial charge in [-0.2, -0.15) is 8.42 Å². The Balaban J connectivity index is 2.40. The average Bonchev–Trinajstić information content (AvgIpc) is 2.89. The molecule has 98 valence electrons. The summed E-state index contributed by atoms with van der Waals surface area (Å²) in [4.78, 5) is 7.16. The van der Waals surface area contributed by atoms with Crippen LogP contribution >= 0.6 is 0 Å². The average molecular weight is 278 g/mol. The Morgan fingerprint density at radius 3 is 2.53 bits per heavy atom. The van der Waals surface area contributed by atoms with Gasteiger partial charge in [0, 0.05) is 0 Å². The van der Waals surface area contributed by atoms with Gasteiger partial charge in [0.25, 0.3) is 10.1 Å². The summed E-state index contributed by atoms with van der Waals surface area (Å²) in [5.74, 6) is 0.140. The molecule has 1 unspecified atom stereocenters. The largest absolute Gasteiger partial charge is 0.446 e. The van der Waals surface area contributed by atoms with Gasteiger partial charge in [-0.1, -0.05) is 24.3 Å². The van der Waals surface area contributed by atoms with Gasteiger partial charge in [0.15, 0.2) is 11.8 Å². The second-order valence-electron chi connectivity index (χ2n) is 3.75. The van der Waals surface area contributed by atoms with E-state index in [2.05, 4.69) is 9.83 Å². The van der Waals surface area contributed by atoms with Crippen molar-refractivity contribution in [3.63, 3.8) is 0 Å². The molecule has 0 amide bonds. The zero-order valence-electron chi connectivity index (χ0n) is 9.98. The summed E-state index contributed by atoms with van der Waals surface area (Å²) in [5, 5.41) is 0. The molecular formula is C12H10N2O4S. The van der Waals surface area contributed by atoms with Gasteiger partial charge in [-0.15, -0.1) is 0 Å². The highest BCUT2D eigenvalue weighted by Crippen LogP contribution is 2.27. The molecule has 0 radical (unpaired) electrons. The summed E-state index contributed by atoms with van der Waals surface area (Å²) < 4.78 is 32.7. The van der Waals surface area contributed by atoms with Gasteiger partial charge in [0.2, 0.25) is 5.89 Å². The maximum atomic E-state index is 11.3. The number of benzene rings is 1. The van der Waals surface area contributed by atoms with Crippen LogP contribution in [-0.2, 0) is 14.3 Å². The lowest BCUT2D eigenvalue weighted by Crippen LogP contribution is -2.12. The van der Waals surface area contributed by atoms with Gasteiger partial charge in [0.05, 0.1) is 19.0 Å². The molecule has 0 fully saturated rings. The van der Waals surface area contributed by atoms with Gasteiger partial charge in [-0.25, -0.2) is 9.83 Å². The summed E-state index contributed by atoms with van der Waals surface area (Å²) in [6.07, 6.45) is 2.74. The van der Waals surface area contributed by atoms with Crippen LogP contribution in [0.1, 0.15) is 17.6 Å². The molecule has 0 spiro atoms. The molecule has 0 N–H and O–H groups in total. The SMILES string of the molecule is [C-]#[N+]c1ccc(C(OS(C)(=O)=O)c2ncco2)cc1. The maximum absolute atomic E-state index is 11.3. The van der Waals surface area contributed by atoms with Crippen LogP contribution in [0.4, 0.5) is 5.69 Å². The molecule has 1 aromatic heterocycles. The smallest absolute Gasteiger partial charge is 0.265 e. The Hall–Kier alpha value is -2.17. The lowest BCUT2D eigenvalue weighted by atomic mass is 10.1. The van der Waals surface area contributed by atoms with Crippen molar-refractivity contribution in [1.82, 2.24) is 4.98 Å². The summed E-state index contributed by atoms with van der Waals surface area (Å²) in [7, 11) is -3.67. The van der Waals surface area contributed by atoms with E-state index in [1.807, 2.05) is 0 Å². The Morgan fingerprint density at radius 1 is 1.37 bits per heavy atom. The first-order valence-corrected chi connectivity index (χ1v) is 7.06. The van der Waals surface area contributed by atoms with Crippen molar-refractivity contribution in [2.75, 3.05) is 6.26 Å². The van der Waals surface area contributed by atoms with E-state index >= 15 is 0 Å². The van der Waals surface area contributed by atoms with Gasteiger partial charge >= 0.3 is 0 Å². The van der Waals surface area contributed by atoms with E-state index in [0.717, 1.165) is 6.26 Å². The van der Waals surface area contributed by atoms with E-state index in [9.17, 15) is 8.42 Å². The standard InChI is InChI=1S/C12H10N2O4S/c1-13-10-5-3-9(4-6-10)11(18-19(2,15)16)12-14-7-8-17-12/h3-8,11H,2H3. The third-order valence-corrected chi connectivity index (χ3v) is 2.81. The van der Waals surface area contributed by atoms with Crippen LogP contribution in [0.5, 0.6) is 0 Å². The van der Waals surface area contributed by atoms with Crippen LogP contribution in [0.15, 0.2) is 41.1 Å². The molecule has 7 heteroatoms. The first kappa shape index (κ1) is 13.3. The van der Waals surface area contributed by atoms with Crippen molar-refractivity contribution in [2.45, 2.75) is 6.10 Å². The second kappa shape index (κ2) is 5.22. The van der Waals surface area contributed by atoms with Crippen molar-refractivity contribution in [1.29, 1.82) is 0 Å². The monoisotopic (exact) mass is 278 g/mol. The highest BCUT2D eigenvalue weighted by molar-refractivity contribution is 7.86. The molecule has 0 aliphatic heterocycles. The second-order valence-corrected chi connectivity index (χ2v) is 5.35. The number of aromatic nitrogens is 1. The Morgan fingerprint density at radius 2 is 2.05 bits per heavy atom. The first-order chi connectivity index (χ1) is 8.99. The zero-order chi connectivity index (χ0) is 13.9. The number of hydrogen-bond acceptors (Lipinski definition) is 5. The molecule has 6 nitrogen and oxygen atoms in total. The highest BCUT2D eigenvalue weighted by Gasteiger charge is 2.23. The van der Waals surface area contributed by atoms with E-state index in [-0.39, 0.29) is 5.89 Å². The molecule has 1 heterocycles. The fraction of sp³-hybridized carbons (Fsp3) is 0.167. The predicted octanol–water partition coefficient (Wildman–Crippen LogP) is 2.29. The lowest BCUT2D eigenvalue weighted by Gasteiger charge is -2.13. The fourth-order valence-electron chi connectivity index (χ4n) is 1.50. The van der Waals surface area contributed by atoms with Gasteiger partial charge in [0.1, 0.15) is 6.26 Å². The van der Waals surface area contributed by atoms with Crippen molar-refractivity contribution in [3.05, 3.63) is 59.6 Å². The Labute approximate surface area is 110 Å². The van der Waals surface area contributed by atoms with Gasteiger partial charge in [-0.05, 0) is 5.56 Å². The molecule has 2 aromatic rings. The number of rotatable bonds is 4. The quantitative estimate of drug-likeness (QED) is 0.633. The Bertz CT molecular complexity index is 684. The van der Waals surface area contributed by atoms with Crippen LogP contribution in [-0.4, -0.2) is 19.7 Å². The van der Waals surface area contributed by atoms with Crippen molar-refractivity contribution in [3.8, 4) is 0 Å². The number of hydrogen-bond donors (Lipinski definition) is 0. The number of oxazole rings is 1. The normalized spacial score (nSPS) is 12.8. The maximum Gasteiger partial charge on any atom is 0.265 e. The highest BCUT2D eigenvalue weighted by atomic mass is 32.2. The topological polar surface area (TPSA) is 73.8 Å². The first-order valence-electron chi connectivity index (χ1n) is 5.24. The van der Waals surface area contributed by atoms with E-state index in [1.54, 1.807) is 24.3 Å². The van der Waals surface area contributed by atoms with Crippen LogP contribution in [0.2, 0.25) is 0 Å². The molecule has 0 aliphatic carbocycles. The van der Waals surface area contributed by atoms with E-state index in [1.165, 1.54) is 12.5 Å². The van der Waals surface area contributed by atoms with E-state index < -0.39 is 16.2 Å². The molecule has 1 atom stereocenters. The minimum absolute atomic E-state index is 0.140. The summed E-state index contributed by atoms with van der Waals surface area (Å²) in [6.45, 7) is 6.87.